The Labute approximate surface area is 135 Å². The van der Waals surface area contributed by atoms with Crippen molar-refractivity contribution >= 4 is 28.5 Å². The van der Waals surface area contributed by atoms with Crippen molar-refractivity contribution in [3.63, 3.8) is 0 Å². The van der Waals surface area contributed by atoms with Gasteiger partial charge < -0.3 is 10.2 Å². The summed E-state index contributed by atoms with van der Waals surface area (Å²) in [5.74, 6) is -0.157. The van der Waals surface area contributed by atoms with Crippen LogP contribution < -0.4 is 10.6 Å². The van der Waals surface area contributed by atoms with Crippen molar-refractivity contribution in [1.82, 2.24) is 15.5 Å². The van der Waals surface area contributed by atoms with E-state index in [1.807, 2.05) is 32.6 Å². The number of amidine groups is 1. The SMILES string of the molecule is CSC(=Nc1ccccc1C(=O)NCCCN(C)C)NC#N. The van der Waals surface area contributed by atoms with Crippen molar-refractivity contribution in [3.8, 4) is 6.19 Å². The first kappa shape index (κ1) is 18.0. The molecule has 0 saturated carbocycles. The molecule has 0 fully saturated rings. The number of aliphatic imine (C=N–C) groups is 1. The Morgan fingerprint density at radius 1 is 1.41 bits per heavy atom. The van der Waals surface area contributed by atoms with E-state index in [0.717, 1.165) is 13.0 Å². The quantitative estimate of drug-likeness (QED) is 0.275. The number of nitrogens with one attached hydrogen (secondary N) is 2. The largest absolute Gasteiger partial charge is 0.352 e. The molecule has 0 unspecified atom stereocenters. The molecule has 1 rings (SSSR count). The van der Waals surface area contributed by atoms with Gasteiger partial charge in [-0.1, -0.05) is 23.9 Å². The molecule has 1 aromatic carbocycles. The second-order valence-corrected chi connectivity index (χ2v) is 5.58. The summed E-state index contributed by atoms with van der Waals surface area (Å²) < 4.78 is 0. The van der Waals surface area contributed by atoms with Gasteiger partial charge in [-0.25, -0.2) is 4.99 Å². The van der Waals surface area contributed by atoms with Crippen LogP contribution in [0, 0.1) is 11.5 Å². The van der Waals surface area contributed by atoms with Gasteiger partial charge in [0.1, 0.15) is 0 Å². The zero-order chi connectivity index (χ0) is 16.4. The number of carbonyl (C=O) groups is 1. The fourth-order valence-electron chi connectivity index (χ4n) is 1.74. The maximum absolute atomic E-state index is 12.3. The number of benzene rings is 1. The highest BCUT2D eigenvalue weighted by Crippen LogP contribution is 2.20. The maximum atomic E-state index is 12.3. The summed E-state index contributed by atoms with van der Waals surface area (Å²) in [5, 5.41) is 14.5. The average Bonchev–Trinajstić information content (AvgIpc) is 2.51. The highest BCUT2D eigenvalue weighted by Gasteiger charge is 2.10. The molecular weight excluding hydrogens is 298 g/mol. The van der Waals surface area contributed by atoms with Gasteiger partial charge in [0.25, 0.3) is 5.91 Å². The predicted octanol–water partition coefficient (Wildman–Crippen LogP) is 1.79. The van der Waals surface area contributed by atoms with E-state index in [1.165, 1.54) is 11.8 Å². The van der Waals surface area contributed by atoms with Gasteiger partial charge in [-0.15, -0.1) is 0 Å². The maximum Gasteiger partial charge on any atom is 0.253 e. The summed E-state index contributed by atoms with van der Waals surface area (Å²) >= 11 is 1.31. The van der Waals surface area contributed by atoms with E-state index in [0.29, 0.717) is 23.0 Å². The van der Waals surface area contributed by atoms with Crippen LogP contribution in [0.5, 0.6) is 0 Å². The van der Waals surface area contributed by atoms with Crippen LogP contribution in [0.25, 0.3) is 0 Å². The number of thioether (sulfide) groups is 1. The average molecular weight is 319 g/mol. The summed E-state index contributed by atoms with van der Waals surface area (Å²) in [4.78, 5) is 18.6. The van der Waals surface area contributed by atoms with Crippen molar-refractivity contribution in [3.05, 3.63) is 29.8 Å². The smallest absolute Gasteiger partial charge is 0.253 e. The van der Waals surface area contributed by atoms with Gasteiger partial charge in [-0.05, 0) is 45.4 Å². The van der Waals surface area contributed by atoms with Crippen molar-refractivity contribution in [2.45, 2.75) is 6.42 Å². The molecule has 0 heterocycles. The van der Waals surface area contributed by atoms with Crippen LogP contribution in [0.3, 0.4) is 0 Å². The van der Waals surface area contributed by atoms with Crippen LogP contribution in [0.1, 0.15) is 16.8 Å². The van der Waals surface area contributed by atoms with Gasteiger partial charge in [-0.3, -0.25) is 10.1 Å². The number of carbonyl (C=O) groups excluding carboxylic acids is 1. The van der Waals surface area contributed by atoms with Crippen LogP contribution in [0.2, 0.25) is 0 Å². The second kappa shape index (κ2) is 9.82. The van der Waals surface area contributed by atoms with Crippen LogP contribution in [0.15, 0.2) is 29.3 Å². The summed E-state index contributed by atoms with van der Waals surface area (Å²) in [6.45, 7) is 1.53. The molecule has 0 spiro atoms. The predicted molar refractivity (Wildman–Crippen MR) is 91.3 cm³/mol. The van der Waals surface area contributed by atoms with Crippen molar-refractivity contribution < 1.29 is 4.79 Å². The third-order valence-corrected chi connectivity index (χ3v) is 3.37. The molecule has 0 radical (unpaired) electrons. The van der Waals surface area contributed by atoms with E-state index in [4.69, 9.17) is 5.26 Å². The number of nitrogens with zero attached hydrogens (tertiary/aromatic N) is 3. The monoisotopic (exact) mass is 319 g/mol. The van der Waals surface area contributed by atoms with Gasteiger partial charge in [-0.2, -0.15) is 5.26 Å². The summed E-state index contributed by atoms with van der Waals surface area (Å²) in [6.07, 6.45) is 4.53. The fraction of sp³-hybridized carbons (Fsp3) is 0.400. The molecular formula is C15H21N5OS. The molecule has 6 nitrogen and oxygen atoms in total. The van der Waals surface area contributed by atoms with Crippen molar-refractivity contribution in [1.29, 1.82) is 5.26 Å². The van der Waals surface area contributed by atoms with E-state index in [2.05, 4.69) is 20.5 Å². The van der Waals surface area contributed by atoms with E-state index in [-0.39, 0.29) is 5.91 Å². The lowest BCUT2D eigenvalue weighted by Gasteiger charge is -2.11. The molecule has 0 aliphatic carbocycles. The van der Waals surface area contributed by atoms with E-state index < -0.39 is 0 Å². The number of para-hydroxylation sites is 1. The highest BCUT2D eigenvalue weighted by molar-refractivity contribution is 8.13. The van der Waals surface area contributed by atoms with Crippen LogP contribution in [-0.2, 0) is 0 Å². The van der Waals surface area contributed by atoms with Crippen molar-refractivity contribution in [2.75, 3.05) is 33.4 Å². The van der Waals surface area contributed by atoms with Gasteiger partial charge in [0, 0.05) is 6.54 Å². The first-order chi connectivity index (χ1) is 10.6. The molecule has 0 saturated heterocycles. The minimum absolute atomic E-state index is 0.157. The summed E-state index contributed by atoms with van der Waals surface area (Å²) in [5.41, 5.74) is 1.04. The van der Waals surface area contributed by atoms with E-state index in [1.54, 1.807) is 18.2 Å². The third kappa shape index (κ3) is 6.16. The topological polar surface area (TPSA) is 80.5 Å². The lowest BCUT2D eigenvalue weighted by molar-refractivity contribution is 0.0953. The van der Waals surface area contributed by atoms with Crippen LogP contribution in [0.4, 0.5) is 5.69 Å². The summed E-state index contributed by atoms with van der Waals surface area (Å²) in [6, 6.07) is 7.09. The first-order valence-corrected chi connectivity index (χ1v) is 8.10. The zero-order valence-electron chi connectivity index (χ0n) is 13.1. The molecule has 0 aliphatic rings. The molecule has 0 atom stereocenters. The molecule has 0 aromatic heterocycles. The normalized spacial score (nSPS) is 11.1. The Morgan fingerprint density at radius 2 is 2.14 bits per heavy atom. The number of amides is 1. The molecule has 1 amide bonds. The van der Waals surface area contributed by atoms with Gasteiger partial charge in [0.2, 0.25) is 0 Å². The lowest BCUT2D eigenvalue weighted by Crippen LogP contribution is -2.27. The van der Waals surface area contributed by atoms with Crippen LogP contribution in [-0.4, -0.2) is 49.4 Å². The number of hydrogen-bond acceptors (Lipinski definition) is 5. The molecule has 22 heavy (non-hydrogen) atoms. The van der Waals surface area contributed by atoms with E-state index >= 15 is 0 Å². The summed E-state index contributed by atoms with van der Waals surface area (Å²) in [7, 11) is 4.00. The van der Waals surface area contributed by atoms with Gasteiger partial charge in [0.05, 0.1) is 11.3 Å². The molecule has 118 valence electrons. The Bertz CT molecular complexity index is 565. The third-order valence-electron chi connectivity index (χ3n) is 2.79. The molecule has 0 bridgehead atoms. The Kier molecular flexibility index (Phi) is 8.04. The number of hydrogen-bond donors (Lipinski definition) is 2. The number of rotatable bonds is 6. The van der Waals surface area contributed by atoms with Crippen LogP contribution >= 0.6 is 11.8 Å². The second-order valence-electron chi connectivity index (χ2n) is 4.79. The van der Waals surface area contributed by atoms with Crippen molar-refractivity contribution in [2.24, 2.45) is 4.99 Å². The fourth-order valence-corrected chi connectivity index (χ4v) is 2.07. The molecule has 1 aromatic rings. The zero-order valence-corrected chi connectivity index (χ0v) is 13.9. The Hall–Kier alpha value is -2.04. The highest BCUT2D eigenvalue weighted by atomic mass is 32.2. The van der Waals surface area contributed by atoms with Gasteiger partial charge in [0.15, 0.2) is 11.4 Å². The van der Waals surface area contributed by atoms with E-state index in [9.17, 15) is 4.79 Å². The molecule has 2 N–H and O–H groups in total. The first-order valence-electron chi connectivity index (χ1n) is 6.88. The molecule has 7 heteroatoms. The standard InChI is InChI=1S/C15H21N5OS/c1-20(2)10-6-9-17-14(21)12-7-4-5-8-13(12)19-15(22-3)18-11-16/h4-5,7-8H,6,9-10H2,1-3H3,(H,17,21)(H,18,19). The minimum Gasteiger partial charge on any atom is -0.352 e. The lowest BCUT2D eigenvalue weighted by atomic mass is 10.1. The Morgan fingerprint density at radius 3 is 2.77 bits per heavy atom. The minimum atomic E-state index is -0.157. The number of nitriles is 1. The van der Waals surface area contributed by atoms with Gasteiger partial charge >= 0.3 is 0 Å². The molecule has 0 aliphatic heterocycles. The Balaban J connectivity index is 2.78.